The van der Waals surface area contributed by atoms with Gasteiger partial charge < -0.3 is 9.88 Å². The molecule has 90 valence electrons. The SMILES string of the molecule is C=CCn1ccnc1Nc1cnn(C(C)C)c1. The van der Waals surface area contributed by atoms with E-state index in [2.05, 4.69) is 35.8 Å². The number of nitrogens with one attached hydrogen (secondary N) is 1. The summed E-state index contributed by atoms with van der Waals surface area (Å²) in [6, 6.07) is 0.360. The summed E-state index contributed by atoms with van der Waals surface area (Å²) >= 11 is 0. The number of anilines is 2. The Bertz CT molecular complexity index is 494. The minimum Gasteiger partial charge on any atom is -0.323 e. The third-order valence-electron chi connectivity index (χ3n) is 2.43. The van der Waals surface area contributed by atoms with Crippen molar-refractivity contribution >= 4 is 11.6 Å². The third-order valence-corrected chi connectivity index (χ3v) is 2.43. The highest BCUT2D eigenvalue weighted by atomic mass is 15.3. The molecule has 0 saturated heterocycles. The summed E-state index contributed by atoms with van der Waals surface area (Å²) in [7, 11) is 0. The van der Waals surface area contributed by atoms with Crippen LogP contribution in [0.1, 0.15) is 19.9 Å². The monoisotopic (exact) mass is 231 g/mol. The highest BCUT2D eigenvalue weighted by Gasteiger charge is 2.05. The molecule has 0 aliphatic heterocycles. The van der Waals surface area contributed by atoms with Crippen LogP contribution in [0.15, 0.2) is 37.4 Å². The van der Waals surface area contributed by atoms with Crippen LogP contribution in [0.2, 0.25) is 0 Å². The van der Waals surface area contributed by atoms with E-state index >= 15 is 0 Å². The summed E-state index contributed by atoms with van der Waals surface area (Å²) in [6.07, 6.45) is 9.28. The fraction of sp³-hybridized carbons (Fsp3) is 0.333. The molecular formula is C12H17N5. The van der Waals surface area contributed by atoms with Crippen molar-refractivity contribution in [1.82, 2.24) is 19.3 Å². The van der Waals surface area contributed by atoms with E-state index < -0.39 is 0 Å². The molecule has 0 bridgehead atoms. The van der Waals surface area contributed by atoms with Crippen molar-refractivity contribution in [3.05, 3.63) is 37.4 Å². The molecule has 0 radical (unpaired) electrons. The van der Waals surface area contributed by atoms with Crippen molar-refractivity contribution in [3.8, 4) is 0 Å². The van der Waals surface area contributed by atoms with Gasteiger partial charge in [-0.3, -0.25) is 4.68 Å². The van der Waals surface area contributed by atoms with Crippen LogP contribution in [0.3, 0.4) is 0 Å². The first-order valence-corrected chi connectivity index (χ1v) is 5.64. The van der Waals surface area contributed by atoms with Crippen LogP contribution in [0.25, 0.3) is 0 Å². The zero-order valence-corrected chi connectivity index (χ0v) is 10.2. The summed E-state index contributed by atoms with van der Waals surface area (Å²) in [4.78, 5) is 4.25. The average Bonchev–Trinajstić information content (AvgIpc) is 2.90. The molecule has 0 unspecified atom stereocenters. The van der Waals surface area contributed by atoms with Crippen molar-refractivity contribution in [2.24, 2.45) is 0 Å². The molecule has 0 fully saturated rings. The van der Waals surface area contributed by atoms with E-state index in [1.54, 1.807) is 12.4 Å². The van der Waals surface area contributed by atoms with E-state index in [1.807, 2.05) is 27.7 Å². The summed E-state index contributed by atoms with van der Waals surface area (Å²) in [5.74, 6) is 0.799. The molecule has 5 heteroatoms. The fourth-order valence-electron chi connectivity index (χ4n) is 1.53. The number of rotatable bonds is 5. The Labute approximate surface area is 101 Å². The molecule has 0 aliphatic carbocycles. The van der Waals surface area contributed by atoms with Crippen LogP contribution >= 0.6 is 0 Å². The van der Waals surface area contributed by atoms with Crippen LogP contribution in [-0.4, -0.2) is 19.3 Å². The molecule has 1 N–H and O–H groups in total. The van der Waals surface area contributed by atoms with Gasteiger partial charge in [0.25, 0.3) is 0 Å². The first kappa shape index (κ1) is 11.4. The number of imidazole rings is 1. The summed E-state index contributed by atoms with van der Waals surface area (Å²) in [5.41, 5.74) is 0.940. The van der Waals surface area contributed by atoms with Gasteiger partial charge in [0.15, 0.2) is 0 Å². The lowest BCUT2D eigenvalue weighted by Gasteiger charge is -2.06. The Balaban J connectivity index is 2.13. The second-order valence-corrected chi connectivity index (χ2v) is 4.12. The third kappa shape index (κ3) is 2.55. The Morgan fingerprint density at radius 1 is 1.53 bits per heavy atom. The average molecular weight is 231 g/mol. The van der Waals surface area contributed by atoms with Crippen molar-refractivity contribution in [2.45, 2.75) is 26.4 Å². The van der Waals surface area contributed by atoms with Crippen LogP contribution in [-0.2, 0) is 6.54 Å². The summed E-state index contributed by atoms with van der Waals surface area (Å²) in [5, 5.41) is 7.50. The molecular weight excluding hydrogens is 214 g/mol. The molecule has 17 heavy (non-hydrogen) atoms. The lowest BCUT2D eigenvalue weighted by Crippen LogP contribution is -2.02. The van der Waals surface area contributed by atoms with Gasteiger partial charge in [0, 0.05) is 31.2 Å². The Kier molecular flexibility index (Phi) is 3.27. The van der Waals surface area contributed by atoms with Crippen LogP contribution in [0, 0.1) is 0 Å². The number of nitrogens with zero attached hydrogens (tertiary/aromatic N) is 4. The summed E-state index contributed by atoms with van der Waals surface area (Å²) in [6.45, 7) is 8.64. The topological polar surface area (TPSA) is 47.7 Å². The van der Waals surface area contributed by atoms with E-state index in [1.165, 1.54) is 0 Å². The van der Waals surface area contributed by atoms with E-state index in [4.69, 9.17) is 0 Å². The maximum atomic E-state index is 4.27. The number of aromatic nitrogens is 4. The molecule has 0 aliphatic rings. The van der Waals surface area contributed by atoms with Crippen molar-refractivity contribution in [2.75, 3.05) is 5.32 Å². The number of hydrogen-bond donors (Lipinski definition) is 1. The van der Waals surface area contributed by atoms with Gasteiger partial charge in [0.05, 0.1) is 11.9 Å². The van der Waals surface area contributed by atoms with Crippen molar-refractivity contribution in [1.29, 1.82) is 0 Å². The molecule has 0 aromatic carbocycles. The minimum absolute atomic E-state index is 0.360. The first-order chi connectivity index (χ1) is 8.20. The molecule has 5 nitrogen and oxygen atoms in total. The Hall–Kier alpha value is -2.04. The smallest absolute Gasteiger partial charge is 0.207 e. The van der Waals surface area contributed by atoms with Crippen LogP contribution < -0.4 is 5.32 Å². The standard InChI is InChI=1S/C12H17N5/c1-4-6-16-7-5-13-12(16)15-11-8-14-17(9-11)10(2)3/h4-5,7-10H,1,6H2,2-3H3,(H,13,15). The van der Waals surface area contributed by atoms with Crippen molar-refractivity contribution in [3.63, 3.8) is 0 Å². The number of hydrogen-bond acceptors (Lipinski definition) is 3. The first-order valence-electron chi connectivity index (χ1n) is 5.64. The second kappa shape index (κ2) is 4.86. The molecule has 0 spiro atoms. The van der Waals surface area contributed by atoms with Gasteiger partial charge in [-0.1, -0.05) is 6.08 Å². The van der Waals surface area contributed by atoms with E-state index in [9.17, 15) is 0 Å². The summed E-state index contributed by atoms with van der Waals surface area (Å²) < 4.78 is 3.89. The molecule has 0 atom stereocenters. The van der Waals surface area contributed by atoms with Crippen LogP contribution in [0.4, 0.5) is 11.6 Å². The van der Waals surface area contributed by atoms with Gasteiger partial charge in [0.1, 0.15) is 0 Å². The minimum atomic E-state index is 0.360. The lowest BCUT2D eigenvalue weighted by atomic mass is 10.4. The number of allylic oxidation sites excluding steroid dienone is 1. The molecule has 0 amide bonds. The van der Waals surface area contributed by atoms with E-state index in [0.29, 0.717) is 6.04 Å². The predicted octanol–water partition coefficient (Wildman–Crippen LogP) is 2.59. The zero-order valence-electron chi connectivity index (χ0n) is 10.2. The normalized spacial score (nSPS) is 10.8. The highest BCUT2D eigenvalue weighted by Crippen LogP contribution is 2.15. The maximum Gasteiger partial charge on any atom is 0.207 e. The molecule has 0 saturated carbocycles. The van der Waals surface area contributed by atoms with Gasteiger partial charge in [-0.2, -0.15) is 5.10 Å². The predicted molar refractivity (Wildman–Crippen MR) is 68.3 cm³/mol. The van der Waals surface area contributed by atoms with Gasteiger partial charge in [0.2, 0.25) is 5.95 Å². The largest absolute Gasteiger partial charge is 0.323 e. The highest BCUT2D eigenvalue weighted by molar-refractivity contribution is 5.50. The van der Waals surface area contributed by atoms with Gasteiger partial charge in [-0.05, 0) is 13.8 Å². The lowest BCUT2D eigenvalue weighted by molar-refractivity contribution is 0.532. The molecule has 2 rings (SSSR count). The van der Waals surface area contributed by atoms with Crippen molar-refractivity contribution < 1.29 is 0 Å². The quantitative estimate of drug-likeness (QED) is 0.804. The molecule has 2 aromatic rings. The molecule has 2 aromatic heterocycles. The maximum absolute atomic E-state index is 4.27. The Morgan fingerprint density at radius 3 is 3.00 bits per heavy atom. The van der Waals surface area contributed by atoms with Gasteiger partial charge in [-0.25, -0.2) is 4.98 Å². The zero-order chi connectivity index (χ0) is 12.3. The fourth-order valence-corrected chi connectivity index (χ4v) is 1.53. The Morgan fingerprint density at radius 2 is 2.35 bits per heavy atom. The van der Waals surface area contributed by atoms with E-state index in [0.717, 1.165) is 18.2 Å². The van der Waals surface area contributed by atoms with Gasteiger partial charge in [-0.15, -0.1) is 6.58 Å². The van der Waals surface area contributed by atoms with E-state index in [-0.39, 0.29) is 0 Å². The second-order valence-electron chi connectivity index (χ2n) is 4.12. The molecule has 2 heterocycles. The van der Waals surface area contributed by atoms with Gasteiger partial charge >= 0.3 is 0 Å². The van der Waals surface area contributed by atoms with Crippen LogP contribution in [0.5, 0.6) is 0 Å².